The zero-order valence-corrected chi connectivity index (χ0v) is 43.0. The van der Waals surface area contributed by atoms with Crippen molar-refractivity contribution in [2.24, 2.45) is 39.9 Å². The summed E-state index contributed by atoms with van der Waals surface area (Å²) in [7, 11) is 0. The van der Waals surface area contributed by atoms with E-state index in [-0.39, 0.29) is 68.7 Å². The van der Waals surface area contributed by atoms with Crippen LogP contribution >= 0.6 is 0 Å². The van der Waals surface area contributed by atoms with E-state index in [1.807, 2.05) is 27.7 Å². The van der Waals surface area contributed by atoms with Crippen molar-refractivity contribution in [2.45, 2.75) is 174 Å². The molecule has 2 rings (SSSR count). The number of rotatable bonds is 29. The lowest BCUT2D eigenvalue weighted by molar-refractivity contribution is -0.143. The summed E-state index contributed by atoms with van der Waals surface area (Å²) in [5.74, 6) is -7.94. The second kappa shape index (κ2) is 29.7. The van der Waals surface area contributed by atoms with Gasteiger partial charge in [-0.2, -0.15) is 0 Å². The highest BCUT2D eigenvalue weighted by Crippen LogP contribution is 2.21. The minimum absolute atomic E-state index is 0.0295. The van der Waals surface area contributed by atoms with Crippen molar-refractivity contribution in [3.05, 3.63) is 29.8 Å². The monoisotopic (exact) mass is 1020 g/mol. The molecule has 0 bridgehead atoms. The zero-order valence-electron chi connectivity index (χ0n) is 43.0. The third kappa shape index (κ3) is 20.3. The Morgan fingerprint density at radius 1 is 0.694 bits per heavy atom. The van der Waals surface area contributed by atoms with Crippen molar-refractivity contribution in [2.75, 3.05) is 13.1 Å². The maximum absolute atomic E-state index is 14.0. The minimum atomic E-state index is -1.63. The fourth-order valence-corrected chi connectivity index (χ4v) is 7.87. The Labute approximate surface area is 421 Å². The van der Waals surface area contributed by atoms with Crippen LogP contribution in [0, 0.1) is 17.8 Å². The summed E-state index contributed by atoms with van der Waals surface area (Å²) in [4.78, 5) is 126. The molecule has 1 saturated heterocycles. The largest absolute Gasteiger partial charge is 0.508 e. The van der Waals surface area contributed by atoms with Crippen LogP contribution < -0.4 is 54.4 Å². The van der Waals surface area contributed by atoms with E-state index < -0.39 is 120 Å². The van der Waals surface area contributed by atoms with Crippen molar-refractivity contribution < 1.29 is 58.5 Å². The van der Waals surface area contributed by atoms with Gasteiger partial charge in [-0.05, 0) is 94.7 Å². The van der Waals surface area contributed by atoms with E-state index in [9.17, 15) is 58.5 Å². The van der Waals surface area contributed by atoms with E-state index in [0.717, 1.165) is 0 Å². The smallest absolute Gasteiger partial charge is 0.326 e. The number of guanidine groups is 1. The number of nitrogens with one attached hydrogen (secondary N) is 7. The molecule has 1 heterocycles. The molecule has 0 spiro atoms. The fraction of sp³-hybridized carbons (Fsp3) is 0.667. The van der Waals surface area contributed by atoms with Gasteiger partial charge in [-0.1, -0.05) is 60.1 Å². The van der Waals surface area contributed by atoms with Crippen LogP contribution in [-0.2, 0) is 49.6 Å². The van der Waals surface area contributed by atoms with Crippen molar-refractivity contribution in [1.29, 1.82) is 0 Å². The summed E-state index contributed by atoms with van der Waals surface area (Å²) in [5.41, 5.74) is 17.3. The number of carboxylic acids is 1. The quantitative estimate of drug-likeness (QED) is 0.0243. The minimum Gasteiger partial charge on any atom is -0.508 e. The number of carbonyl (C=O) groups is 9. The highest BCUT2D eigenvalue weighted by Gasteiger charge is 2.40. The van der Waals surface area contributed by atoms with Gasteiger partial charge in [0.05, 0.1) is 12.1 Å². The Bertz CT molecular complexity index is 2050. The lowest BCUT2D eigenvalue weighted by Crippen LogP contribution is -2.62. The molecule has 0 saturated carbocycles. The molecule has 1 aromatic rings. The number of aliphatic hydroxyl groups is 1. The molecule has 1 fully saturated rings. The summed E-state index contributed by atoms with van der Waals surface area (Å²) in [5, 5.41) is 47.9. The van der Waals surface area contributed by atoms with Crippen LogP contribution in [0.4, 0.5) is 0 Å². The summed E-state index contributed by atoms with van der Waals surface area (Å²) < 4.78 is 0. The van der Waals surface area contributed by atoms with E-state index in [2.05, 4.69) is 42.2 Å². The second-order valence-electron chi connectivity index (χ2n) is 19.5. The average molecular weight is 1020 g/mol. The lowest BCUT2D eigenvalue weighted by atomic mass is 9.97. The first-order valence-electron chi connectivity index (χ1n) is 24.6. The Morgan fingerprint density at radius 3 is 1.75 bits per heavy atom. The molecule has 0 aromatic heterocycles. The molecule has 72 heavy (non-hydrogen) atoms. The molecule has 0 radical (unpaired) electrons. The summed E-state index contributed by atoms with van der Waals surface area (Å²) in [6.07, 6.45) is 0.464. The van der Waals surface area contributed by atoms with Crippen molar-refractivity contribution in [3.63, 3.8) is 0 Å². The molecule has 24 nitrogen and oxygen atoms in total. The topological polar surface area (TPSA) is 392 Å². The first-order chi connectivity index (χ1) is 33.7. The number of carboxylic acid groups (broad SMARTS) is 1. The Balaban J connectivity index is 2.16. The highest BCUT2D eigenvalue weighted by molar-refractivity contribution is 5.98. The van der Waals surface area contributed by atoms with Crippen LogP contribution in [-0.4, -0.2) is 153 Å². The number of benzene rings is 1. The van der Waals surface area contributed by atoms with Gasteiger partial charge in [0, 0.05) is 19.5 Å². The summed E-state index contributed by atoms with van der Waals surface area (Å²) in [6, 6.07) is -5.22. The number of nitrogens with zero attached hydrogens (tertiary/aromatic N) is 2. The number of nitrogens with two attached hydrogens (primary N) is 3. The van der Waals surface area contributed by atoms with E-state index in [4.69, 9.17) is 17.2 Å². The highest BCUT2D eigenvalue weighted by atomic mass is 16.4. The van der Waals surface area contributed by atoms with E-state index in [1.165, 1.54) is 49.9 Å². The Hall–Kier alpha value is -6.56. The number of amides is 8. The summed E-state index contributed by atoms with van der Waals surface area (Å²) >= 11 is 0. The number of hydrogen-bond donors (Lipinski definition) is 13. The molecular formula is C48H80N12O12. The molecule has 0 aliphatic carbocycles. The third-order valence-electron chi connectivity index (χ3n) is 12.2. The zero-order chi connectivity index (χ0) is 54.6. The van der Waals surface area contributed by atoms with Crippen LogP contribution in [0.1, 0.15) is 113 Å². The molecule has 1 aliphatic rings. The van der Waals surface area contributed by atoms with Crippen molar-refractivity contribution in [1.82, 2.24) is 42.1 Å². The number of likely N-dealkylation sites (tertiary alicyclic amines) is 1. The number of phenolic OH excluding ortho intramolecular Hbond substituents is 1. The molecule has 16 N–H and O–H groups in total. The van der Waals surface area contributed by atoms with Crippen molar-refractivity contribution >= 4 is 59.2 Å². The average Bonchev–Trinajstić information content (AvgIpc) is 3.80. The number of aromatic hydroxyl groups is 1. The van der Waals surface area contributed by atoms with Gasteiger partial charge in [-0.15, -0.1) is 0 Å². The normalized spacial score (nSPS) is 17.6. The van der Waals surface area contributed by atoms with Gasteiger partial charge in [-0.25, -0.2) is 4.79 Å². The fourth-order valence-electron chi connectivity index (χ4n) is 7.87. The van der Waals surface area contributed by atoms with Crippen LogP contribution in [0.3, 0.4) is 0 Å². The second-order valence-corrected chi connectivity index (χ2v) is 19.5. The van der Waals surface area contributed by atoms with Crippen LogP contribution in [0.25, 0.3) is 0 Å². The van der Waals surface area contributed by atoms with E-state index >= 15 is 0 Å². The first-order valence-corrected chi connectivity index (χ1v) is 24.6. The molecule has 404 valence electrons. The molecule has 1 aliphatic heterocycles. The Kier molecular flexibility index (Phi) is 25.4. The molecule has 0 unspecified atom stereocenters. The van der Waals surface area contributed by atoms with Gasteiger partial charge < -0.3 is 74.6 Å². The van der Waals surface area contributed by atoms with Crippen LogP contribution in [0.5, 0.6) is 5.75 Å². The molecule has 11 atom stereocenters. The number of aliphatic hydroxyl groups excluding tert-OH is 1. The predicted molar refractivity (Wildman–Crippen MR) is 267 cm³/mol. The van der Waals surface area contributed by atoms with Gasteiger partial charge in [0.2, 0.25) is 47.3 Å². The molecule has 24 heteroatoms. The van der Waals surface area contributed by atoms with Gasteiger partial charge in [0.25, 0.3) is 0 Å². The van der Waals surface area contributed by atoms with E-state index in [1.54, 1.807) is 13.8 Å². The van der Waals surface area contributed by atoms with Gasteiger partial charge in [0.15, 0.2) is 5.96 Å². The standard InChI is InChI=1S/C48H80N12O12/c1-10-26(6)37(44(68)59-38(29(9)61)45(69)53-27(7)39(63)57-35(47(71)72)23-30-15-17-31(62)18-16-30)58-43(67)36-14-12-20-60(36)46(70)28(8)54-41(65)33(21-24(2)3)56-42(66)34(22-25(4)5)55-40(64)32(49)13-11-19-52-48(50)51/h15-18,24-29,32-38,61-62H,10-14,19-23,49H2,1-9H3,(H,53,69)(H,54,65)(H,55,64)(H,56,66)(H,57,63)(H,58,67)(H,59,68)(H,71,72)(H4,50,51,52)/t26-,27-,28-,29+,32-,33-,34-,35-,36-,37-,38-/m0/s1. The van der Waals surface area contributed by atoms with Gasteiger partial charge >= 0.3 is 5.97 Å². The summed E-state index contributed by atoms with van der Waals surface area (Å²) in [6.45, 7) is 15.3. The number of hydrogen-bond acceptors (Lipinski definition) is 13. The van der Waals surface area contributed by atoms with Crippen molar-refractivity contribution in [3.8, 4) is 5.75 Å². The van der Waals surface area contributed by atoms with Crippen LogP contribution in [0.15, 0.2) is 29.3 Å². The molecular weight excluding hydrogens is 937 g/mol. The lowest BCUT2D eigenvalue weighted by Gasteiger charge is -2.31. The van der Waals surface area contributed by atoms with Gasteiger partial charge in [-0.3, -0.25) is 43.3 Å². The predicted octanol–water partition coefficient (Wildman–Crippen LogP) is -1.66. The number of aliphatic carboxylic acids is 1. The maximum Gasteiger partial charge on any atom is 0.326 e. The first kappa shape index (κ1) is 61.6. The van der Waals surface area contributed by atoms with Gasteiger partial charge in [0.1, 0.15) is 54.1 Å². The number of phenols is 1. The SMILES string of the molecule is CC[C@H](C)[C@H](NC(=O)[C@@H]1CCCN1C(=O)[C@H](C)NC(=O)[C@H](CC(C)C)NC(=O)[C@H](CC(C)C)NC(=O)[C@@H](N)CCCN=C(N)N)C(=O)N[C@H](C(=O)N[C@@H](C)C(=O)N[C@@H](Cc1ccc(O)cc1)C(=O)O)[C@@H](C)O. The molecule has 8 amide bonds. The van der Waals surface area contributed by atoms with E-state index in [0.29, 0.717) is 24.8 Å². The number of aliphatic imine (C=N–C) groups is 1. The Morgan fingerprint density at radius 2 is 1.22 bits per heavy atom. The third-order valence-corrected chi connectivity index (χ3v) is 12.2. The molecule has 1 aromatic carbocycles. The number of carbonyl (C=O) groups excluding carboxylic acids is 8. The maximum atomic E-state index is 14.0. The van der Waals surface area contributed by atoms with Crippen LogP contribution in [0.2, 0.25) is 0 Å².